The first-order valence-electron chi connectivity index (χ1n) is 6.92. The van der Waals surface area contributed by atoms with E-state index in [0.717, 1.165) is 18.7 Å². The van der Waals surface area contributed by atoms with E-state index in [-0.39, 0.29) is 10.5 Å². The van der Waals surface area contributed by atoms with E-state index in [1.165, 1.54) is 0 Å². The van der Waals surface area contributed by atoms with Crippen LogP contribution in [-0.2, 0) is 9.09 Å². The van der Waals surface area contributed by atoms with Crippen molar-refractivity contribution in [1.82, 2.24) is 5.32 Å². The molecular formula is C13H28NO2PS. The fraction of sp³-hybridized carbons (Fsp3) is 1.00. The van der Waals surface area contributed by atoms with E-state index < -0.39 is 7.37 Å². The maximum absolute atomic E-state index is 13.2. The molecule has 1 N–H and O–H groups in total. The Morgan fingerprint density at radius 3 is 2.61 bits per heavy atom. The van der Waals surface area contributed by atoms with Crippen molar-refractivity contribution in [2.45, 2.75) is 58.0 Å². The third kappa shape index (κ3) is 4.26. The molecule has 1 fully saturated rings. The van der Waals surface area contributed by atoms with Gasteiger partial charge in [0.25, 0.3) is 0 Å². The molecule has 0 aromatic heterocycles. The first kappa shape index (κ1) is 16.6. The van der Waals surface area contributed by atoms with Gasteiger partial charge in [-0.15, -0.1) is 11.8 Å². The summed E-state index contributed by atoms with van der Waals surface area (Å²) in [6, 6.07) is 0. The van der Waals surface area contributed by atoms with Crippen LogP contribution in [-0.4, -0.2) is 29.2 Å². The summed E-state index contributed by atoms with van der Waals surface area (Å²) in [5.74, 6) is 1.30. The van der Waals surface area contributed by atoms with Gasteiger partial charge >= 0.3 is 0 Å². The maximum Gasteiger partial charge on any atom is 0.220 e. The highest BCUT2D eigenvalue weighted by atomic mass is 32.2. The zero-order chi connectivity index (χ0) is 13.8. The molecule has 0 bridgehead atoms. The van der Waals surface area contributed by atoms with E-state index in [1.54, 1.807) is 0 Å². The van der Waals surface area contributed by atoms with Crippen LogP contribution in [0.1, 0.15) is 47.5 Å². The zero-order valence-electron chi connectivity index (χ0n) is 12.4. The number of hydrogen-bond acceptors (Lipinski definition) is 4. The zero-order valence-corrected chi connectivity index (χ0v) is 14.1. The van der Waals surface area contributed by atoms with Gasteiger partial charge in [0.15, 0.2) is 0 Å². The topological polar surface area (TPSA) is 38.3 Å². The molecule has 0 spiro atoms. The number of hydrogen-bond donors (Lipinski definition) is 1. The van der Waals surface area contributed by atoms with Crippen LogP contribution in [0.5, 0.6) is 0 Å². The summed E-state index contributed by atoms with van der Waals surface area (Å²) in [6.45, 7) is 11.3. The fourth-order valence-electron chi connectivity index (χ4n) is 2.17. The Morgan fingerprint density at radius 1 is 1.50 bits per heavy atom. The lowest BCUT2D eigenvalue weighted by Gasteiger charge is -2.33. The second kappa shape index (κ2) is 6.78. The van der Waals surface area contributed by atoms with Gasteiger partial charge in [0.1, 0.15) is 0 Å². The predicted molar refractivity (Wildman–Crippen MR) is 81.6 cm³/mol. The molecule has 0 aliphatic carbocycles. The van der Waals surface area contributed by atoms with Crippen molar-refractivity contribution in [2.75, 3.05) is 18.6 Å². The van der Waals surface area contributed by atoms with Crippen LogP contribution in [0.3, 0.4) is 0 Å². The third-order valence-corrected chi connectivity index (χ3v) is 7.83. The van der Waals surface area contributed by atoms with Crippen molar-refractivity contribution in [1.29, 1.82) is 0 Å². The van der Waals surface area contributed by atoms with Gasteiger partial charge in [0.05, 0.1) is 12.4 Å². The van der Waals surface area contributed by atoms with Crippen LogP contribution in [0.2, 0.25) is 0 Å². The first-order valence-corrected chi connectivity index (χ1v) is 9.79. The third-order valence-electron chi connectivity index (χ3n) is 3.22. The highest BCUT2D eigenvalue weighted by Gasteiger charge is 2.47. The highest BCUT2D eigenvalue weighted by Crippen LogP contribution is 2.59. The number of unbranched alkanes of at least 4 members (excludes halogenated alkanes) is 1. The molecule has 3 nitrogen and oxygen atoms in total. The van der Waals surface area contributed by atoms with Crippen molar-refractivity contribution < 1.29 is 9.09 Å². The Balaban J connectivity index is 2.79. The molecule has 0 radical (unpaired) electrons. The van der Waals surface area contributed by atoms with Crippen molar-refractivity contribution in [3.05, 3.63) is 0 Å². The molecule has 108 valence electrons. The summed E-state index contributed by atoms with van der Waals surface area (Å²) >= 11 is 1.84. The van der Waals surface area contributed by atoms with E-state index in [9.17, 15) is 4.57 Å². The van der Waals surface area contributed by atoms with Gasteiger partial charge in [0, 0.05) is 16.8 Å². The molecule has 0 amide bonds. The minimum atomic E-state index is -2.59. The Hall–Kier alpha value is 0.500. The quantitative estimate of drug-likeness (QED) is 0.716. The molecule has 1 saturated heterocycles. The van der Waals surface area contributed by atoms with E-state index in [1.807, 2.05) is 11.8 Å². The minimum Gasteiger partial charge on any atom is -0.327 e. The Kier molecular flexibility index (Phi) is 6.24. The van der Waals surface area contributed by atoms with Crippen LogP contribution in [0.25, 0.3) is 0 Å². The summed E-state index contributed by atoms with van der Waals surface area (Å²) < 4.78 is 19.1. The second-order valence-electron chi connectivity index (χ2n) is 5.99. The van der Waals surface area contributed by atoms with Crippen LogP contribution >= 0.6 is 19.1 Å². The Morgan fingerprint density at radius 2 is 2.17 bits per heavy atom. The minimum absolute atomic E-state index is 0.000247. The molecule has 1 aliphatic rings. The highest BCUT2D eigenvalue weighted by molar-refractivity contribution is 8.01. The van der Waals surface area contributed by atoms with E-state index in [4.69, 9.17) is 4.52 Å². The van der Waals surface area contributed by atoms with Gasteiger partial charge in [-0.1, -0.05) is 27.2 Å². The normalized spacial score (nSPS) is 26.4. The van der Waals surface area contributed by atoms with E-state index in [2.05, 4.69) is 39.9 Å². The van der Waals surface area contributed by atoms with Crippen molar-refractivity contribution in [3.8, 4) is 0 Å². The second-order valence-corrected chi connectivity index (χ2v) is 10.3. The predicted octanol–water partition coefficient (Wildman–Crippen LogP) is 4.14. The summed E-state index contributed by atoms with van der Waals surface area (Å²) in [7, 11) is -2.59. The average molecular weight is 293 g/mol. The standard InChI is InChI=1S/C13H28NO2PS/c1-6-7-8-17(15,16-9-11(2)3)12-13(4,5)18-10-14-12/h11-12,14H,6-10H2,1-5H3. The largest absolute Gasteiger partial charge is 0.327 e. The summed E-state index contributed by atoms with van der Waals surface area (Å²) in [6.07, 6.45) is 2.75. The van der Waals surface area contributed by atoms with Crippen molar-refractivity contribution in [2.24, 2.45) is 5.92 Å². The molecule has 1 heterocycles. The maximum atomic E-state index is 13.2. The molecule has 1 rings (SSSR count). The van der Waals surface area contributed by atoms with Gasteiger partial charge in [-0.25, -0.2) is 0 Å². The molecule has 0 aromatic carbocycles. The van der Waals surface area contributed by atoms with Crippen LogP contribution < -0.4 is 5.32 Å². The van der Waals surface area contributed by atoms with Gasteiger partial charge in [-0.2, -0.15) is 0 Å². The summed E-state index contributed by atoms with van der Waals surface area (Å²) in [5.41, 5.74) is 0. The van der Waals surface area contributed by atoms with Gasteiger partial charge in [-0.3, -0.25) is 9.88 Å². The van der Waals surface area contributed by atoms with Gasteiger partial charge < -0.3 is 4.52 Å². The SMILES string of the molecule is CCCCP(=O)(OCC(C)C)C1NCSC1(C)C. The molecule has 0 aromatic rings. The number of nitrogens with one attached hydrogen (secondary N) is 1. The first-order chi connectivity index (χ1) is 8.32. The molecule has 18 heavy (non-hydrogen) atoms. The molecular weight excluding hydrogens is 265 g/mol. The lowest BCUT2D eigenvalue weighted by Crippen LogP contribution is -2.38. The number of thioether (sulfide) groups is 1. The average Bonchev–Trinajstić information content (AvgIpc) is 2.64. The molecule has 0 saturated carbocycles. The molecule has 2 atom stereocenters. The number of rotatable bonds is 7. The van der Waals surface area contributed by atoms with Crippen molar-refractivity contribution in [3.63, 3.8) is 0 Å². The van der Waals surface area contributed by atoms with Crippen molar-refractivity contribution >= 4 is 19.1 Å². The summed E-state index contributed by atoms with van der Waals surface area (Å²) in [4.78, 5) is 0. The van der Waals surface area contributed by atoms with E-state index in [0.29, 0.717) is 18.7 Å². The fourth-order valence-corrected chi connectivity index (χ4v) is 7.02. The van der Waals surface area contributed by atoms with E-state index >= 15 is 0 Å². The lowest BCUT2D eigenvalue weighted by molar-refractivity contribution is 0.259. The van der Waals surface area contributed by atoms with Crippen LogP contribution in [0.15, 0.2) is 0 Å². The lowest BCUT2D eigenvalue weighted by atomic mass is 10.2. The summed E-state index contributed by atoms with van der Waals surface area (Å²) in [5, 5.41) is 3.39. The van der Waals surface area contributed by atoms with Crippen LogP contribution in [0, 0.1) is 5.92 Å². The van der Waals surface area contributed by atoms with Crippen LogP contribution in [0.4, 0.5) is 0 Å². The molecule has 2 unspecified atom stereocenters. The van der Waals surface area contributed by atoms with Gasteiger partial charge in [0.2, 0.25) is 7.37 Å². The Labute approximate surface area is 116 Å². The van der Waals surface area contributed by atoms with Gasteiger partial charge in [-0.05, 0) is 26.2 Å². The molecule has 5 heteroatoms. The Bertz CT molecular complexity index is 307. The monoisotopic (exact) mass is 293 g/mol. The molecule has 1 aliphatic heterocycles. The smallest absolute Gasteiger partial charge is 0.220 e.